The third kappa shape index (κ3) is 1.03. The van der Waals surface area contributed by atoms with Gasteiger partial charge >= 0.3 is 11.9 Å². The van der Waals surface area contributed by atoms with Gasteiger partial charge in [0.1, 0.15) is 0 Å². The quantitative estimate of drug-likeness (QED) is 0.405. The number of aliphatic hydroxyl groups is 1. The van der Waals surface area contributed by atoms with Crippen molar-refractivity contribution in [1.29, 1.82) is 0 Å². The molecule has 0 aromatic heterocycles. The monoisotopic (exact) mass is 170 g/mol. The molecule has 12 heavy (non-hydrogen) atoms. The van der Waals surface area contributed by atoms with Crippen molar-refractivity contribution < 1.29 is 19.4 Å². The summed E-state index contributed by atoms with van der Waals surface area (Å²) in [5.41, 5.74) is 0. The van der Waals surface area contributed by atoms with Crippen molar-refractivity contribution in [2.45, 2.75) is 25.4 Å². The Labute approximate surface area is 69.5 Å². The fraction of sp³-hybridized carbons (Fsp3) is 0.750. The van der Waals surface area contributed by atoms with Gasteiger partial charge in [0.2, 0.25) is 0 Å². The summed E-state index contributed by atoms with van der Waals surface area (Å²) in [5.74, 6) is -1.51. The number of aliphatic hydroxyl groups excluding tert-OH is 1. The third-order valence-corrected chi connectivity index (χ3v) is 2.63. The van der Waals surface area contributed by atoms with E-state index in [4.69, 9.17) is 0 Å². The highest BCUT2D eigenvalue weighted by molar-refractivity contribution is 5.96. The molecule has 4 heteroatoms. The molecule has 2 aliphatic rings. The van der Waals surface area contributed by atoms with E-state index in [-0.39, 0.29) is 11.8 Å². The van der Waals surface area contributed by atoms with Gasteiger partial charge in [-0.15, -0.1) is 0 Å². The van der Waals surface area contributed by atoms with Crippen LogP contribution in [0.15, 0.2) is 0 Å². The minimum atomic E-state index is -0.455. The lowest BCUT2D eigenvalue weighted by molar-refractivity contribution is -0.153. The van der Waals surface area contributed by atoms with Gasteiger partial charge in [-0.25, -0.2) is 0 Å². The first kappa shape index (κ1) is 7.73. The molecule has 1 saturated carbocycles. The topological polar surface area (TPSA) is 63.6 Å². The maximum absolute atomic E-state index is 11.0. The molecule has 0 aromatic rings. The van der Waals surface area contributed by atoms with E-state index in [1.165, 1.54) is 0 Å². The Balaban J connectivity index is 2.17. The number of hydrogen-bond acceptors (Lipinski definition) is 4. The molecule has 1 N–H and O–H groups in total. The van der Waals surface area contributed by atoms with Gasteiger partial charge in [-0.05, 0) is 19.3 Å². The lowest BCUT2D eigenvalue weighted by atomic mass is 9.80. The van der Waals surface area contributed by atoms with E-state index < -0.39 is 18.0 Å². The molecule has 0 bridgehead atoms. The molecule has 2 rings (SSSR count). The van der Waals surface area contributed by atoms with Crippen molar-refractivity contribution in [1.82, 2.24) is 0 Å². The summed E-state index contributed by atoms with van der Waals surface area (Å²) in [7, 11) is 0. The van der Waals surface area contributed by atoms with Gasteiger partial charge in [0, 0.05) is 0 Å². The van der Waals surface area contributed by atoms with Gasteiger partial charge < -0.3 is 9.84 Å². The van der Waals surface area contributed by atoms with E-state index in [1.807, 2.05) is 0 Å². The predicted octanol–water partition coefficient (Wildman–Crippen LogP) is -0.153. The van der Waals surface area contributed by atoms with Gasteiger partial charge in [0.15, 0.2) is 0 Å². The van der Waals surface area contributed by atoms with Crippen LogP contribution in [0.25, 0.3) is 0 Å². The Morgan fingerprint density at radius 3 is 2.58 bits per heavy atom. The van der Waals surface area contributed by atoms with E-state index in [0.29, 0.717) is 19.3 Å². The van der Waals surface area contributed by atoms with Crippen molar-refractivity contribution >= 4 is 11.9 Å². The summed E-state index contributed by atoms with van der Waals surface area (Å²) in [5, 5.41) is 9.24. The number of esters is 2. The number of ether oxygens (including phenoxy) is 1. The van der Waals surface area contributed by atoms with Gasteiger partial charge in [0.25, 0.3) is 0 Å². The standard InChI is InChI=1S/C8H10O4/c9-4-1-2-5-6(3-4)8(11)12-7(5)10/h4-6,9H,1-3H2. The second-order valence-corrected chi connectivity index (χ2v) is 3.42. The second-order valence-electron chi connectivity index (χ2n) is 3.42. The molecule has 4 nitrogen and oxygen atoms in total. The fourth-order valence-corrected chi connectivity index (χ4v) is 1.94. The Hall–Kier alpha value is -0.900. The highest BCUT2D eigenvalue weighted by atomic mass is 16.6. The van der Waals surface area contributed by atoms with Crippen molar-refractivity contribution in [3.8, 4) is 0 Å². The van der Waals surface area contributed by atoms with Crippen LogP contribution in [-0.2, 0) is 14.3 Å². The Morgan fingerprint density at radius 1 is 1.17 bits per heavy atom. The average molecular weight is 170 g/mol. The lowest BCUT2D eigenvalue weighted by Gasteiger charge is -2.23. The molecular weight excluding hydrogens is 160 g/mol. The van der Waals surface area contributed by atoms with Crippen LogP contribution in [0, 0.1) is 11.8 Å². The smallest absolute Gasteiger partial charge is 0.317 e. The second kappa shape index (κ2) is 2.55. The van der Waals surface area contributed by atoms with Crippen LogP contribution in [0.3, 0.4) is 0 Å². The molecule has 1 heterocycles. The van der Waals surface area contributed by atoms with E-state index in [0.717, 1.165) is 0 Å². The van der Waals surface area contributed by atoms with E-state index in [1.54, 1.807) is 0 Å². The first-order chi connectivity index (χ1) is 5.68. The van der Waals surface area contributed by atoms with Crippen LogP contribution in [-0.4, -0.2) is 23.1 Å². The lowest BCUT2D eigenvalue weighted by Crippen LogP contribution is -2.29. The maximum atomic E-state index is 11.0. The summed E-state index contributed by atoms with van der Waals surface area (Å²) in [6.45, 7) is 0. The van der Waals surface area contributed by atoms with E-state index in [2.05, 4.69) is 4.74 Å². The zero-order valence-corrected chi connectivity index (χ0v) is 6.53. The summed E-state index contributed by atoms with van der Waals surface area (Å²) in [6.07, 6.45) is 1.12. The molecule has 0 aromatic carbocycles. The van der Waals surface area contributed by atoms with Crippen LogP contribution in [0.1, 0.15) is 19.3 Å². The normalized spacial score (nSPS) is 40.9. The minimum Gasteiger partial charge on any atom is -0.393 e. The molecule has 1 aliphatic carbocycles. The molecule has 66 valence electrons. The van der Waals surface area contributed by atoms with Crippen molar-refractivity contribution in [3.63, 3.8) is 0 Å². The van der Waals surface area contributed by atoms with Crippen LogP contribution in [0.4, 0.5) is 0 Å². The Morgan fingerprint density at radius 2 is 1.83 bits per heavy atom. The third-order valence-electron chi connectivity index (χ3n) is 2.63. The van der Waals surface area contributed by atoms with Crippen LogP contribution in [0.5, 0.6) is 0 Å². The minimum absolute atomic E-state index is 0.277. The number of carbonyl (C=O) groups is 2. The van der Waals surface area contributed by atoms with Gasteiger partial charge in [-0.1, -0.05) is 0 Å². The molecule has 1 saturated heterocycles. The zero-order valence-electron chi connectivity index (χ0n) is 6.53. The SMILES string of the molecule is O=C1OC(=O)C2CC(O)CCC12. The molecule has 1 aliphatic heterocycles. The molecule has 0 spiro atoms. The molecule has 2 fully saturated rings. The highest BCUT2D eigenvalue weighted by Gasteiger charge is 2.47. The predicted molar refractivity (Wildman–Crippen MR) is 37.9 cm³/mol. The van der Waals surface area contributed by atoms with Gasteiger partial charge in [0.05, 0.1) is 17.9 Å². The van der Waals surface area contributed by atoms with Gasteiger partial charge in [-0.3, -0.25) is 9.59 Å². The first-order valence-corrected chi connectivity index (χ1v) is 4.12. The number of hydrogen-bond donors (Lipinski definition) is 1. The molecule has 3 atom stereocenters. The van der Waals surface area contributed by atoms with Gasteiger partial charge in [-0.2, -0.15) is 0 Å². The number of cyclic esters (lactones) is 2. The maximum Gasteiger partial charge on any atom is 0.317 e. The number of carbonyl (C=O) groups excluding carboxylic acids is 2. The van der Waals surface area contributed by atoms with Crippen molar-refractivity contribution in [3.05, 3.63) is 0 Å². The summed E-state index contributed by atoms with van der Waals surface area (Å²) in [4.78, 5) is 22.0. The van der Waals surface area contributed by atoms with E-state index >= 15 is 0 Å². The van der Waals surface area contributed by atoms with Crippen molar-refractivity contribution in [2.75, 3.05) is 0 Å². The zero-order chi connectivity index (χ0) is 8.72. The molecule has 3 unspecified atom stereocenters. The summed E-state index contributed by atoms with van der Waals surface area (Å²) < 4.78 is 4.47. The molecule has 0 radical (unpaired) electrons. The van der Waals surface area contributed by atoms with Crippen molar-refractivity contribution in [2.24, 2.45) is 11.8 Å². The average Bonchev–Trinajstić information content (AvgIpc) is 2.28. The number of fused-ring (bicyclic) bond motifs is 1. The highest BCUT2D eigenvalue weighted by Crippen LogP contribution is 2.36. The number of rotatable bonds is 0. The van der Waals surface area contributed by atoms with Crippen LogP contribution < -0.4 is 0 Å². The summed E-state index contributed by atoms with van der Waals surface area (Å²) >= 11 is 0. The Bertz CT molecular complexity index is 235. The fourth-order valence-electron chi connectivity index (χ4n) is 1.94. The first-order valence-electron chi connectivity index (χ1n) is 4.12. The largest absolute Gasteiger partial charge is 0.393 e. The summed E-state index contributed by atoms with van der Waals surface area (Å²) in [6, 6.07) is 0. The Kier molecular flexibility index (Phi) is 1.65. The van der Waals surface area contributed by atoms with E-state index in [9.17, 15) is 14.7 Å². The van der Waals surface area contributed by atoms with Crippen LogP contribution in [0.2, 0.25) is 0 Å². The molecule has 0 amide bonds. The molecular formula is C8H10O4. The van der Waals surface area contributed by atoms with Crippen LogP contribution >= 0.6 is 0 Å².